The summed E-state index contributed by atoms with van der Waals surface area (Å²) >= 11 is 0. The van der Waals surface area contributed by atoms with Crippen LogP contribution >= 0.6 is 0 Å². The van der Waals surface area contributed by atoms with Gasteiger partial charge in [-0.2, -0.15) is 0 Å². The first-order valence-corrected chi connectivity index (χ1v) is 8.72. The molecule has 0 aliphatic heterocycles. The lowest BCUT2D eigenvalue weighted by Crippen LogP contribution is -2.34. The Morgan fingerprint density at radius 1 is 1.06 bits per heavy atom. The van der Waals surface area contributed by atoms with Gasteiger partial charge in [-0.1, -0.05) is 0 Å². The molecular formula is C11H20N2O3Si. The van der Waals surface area contributed by atoms with E-state index in [2.05, 4.69) is 16.5 Å². The standard InChI is InChI=1S/C11H20N2O3Si/c1-3-16-17(2,8-4-6-12-10-14)9-5-7-13-11-15/h3-9H2,1-2H3. The first-order valence-electron chi connectivity index (χ1n) is 5.89. The zero-order valence-electron chi connectivity index (χ0n) is 10.6. The van der Waals surface area contributed by atoms with Crippen LogP contribution in [0.3, 0.4) is 0 Å². The van der Waals surface area contributed by atoms with E-state index in [-0.39, 0.29) is 0 Å². The lowest BCUT2D eigenvalue weighted by molar-refractivity contribution is 0.322. The van der Waals surface area contributed by atoms with Crippen LogP contribution in [0.1, 0.15) is 19.8 Å². The topological polar surface area (TPSA) is 68.1 Å². The number of hydrogen-bond donors (Lipinski definition) is 0. The molecule has 0 fully saturated rings. The van der Waals surface area contributed by atoms with E-state index in [0.717, 1.165) is 24.9 Å². The van der Waals surface area contributed by atoms with Crippen molar-refractivity contribution in [3.8, 4) is 0 Å². The van der Waals surface area contributed by atoms with Crippen molar-refractivity contribution < 1.29 is 14.0 Å². The van der Waals surface area contributed by atoms with Crippen LogP contribution in [0.2, 0.25) is 18.6 Å². The molecule has 0 bridgehead atoms. The highest BCUT2D eigenvalue weighted by Crippen LogP contribution is 2.21. The molecule has 0 unspecified atom stereocenters. The minimum absolute atomic E-state index is 0.519. The maximum Gasteiger partial charge on any atom is 0.234 e. The molecule has 0 aromatic heterocycles. The number of carbonyl (C=O) groups excluding carboxylic acids is 2. The molecule has 0 rings (SSSR count). The number of nitrogens with zero attached hydrogens (tertiary/aromatic N) is 2. The number of aliphatic imine (C=N–C) groups is 2. The van der Waals surface area contributed by atoms with E-state index in [1.54, 1.807) is 0 Å². The molecule has 0 saturated carbocycles. The molecule has 5 nitrogen and oxygen atoms in total. The SMILES string of the molecule is CCO[Si](C)(CCCN=C=O)CCCN=C=O. The molecule has 0 amide bonds. The first kappa shape index (κ1) is 15.9. The quantitative estimate of drug-likeness (QED) is 0.260. The first-order chi connectivity index (χ1) is 8.18. The zero-order valence-corrected chi connectivity index (χ0v) is 11.6. The Balaban J connectivity index is 4.04. The number of isocyanates is 2. The van der Waals surface area contributed by atoms with Crippen LogP contribution in [0, 0.1) is 0 Å². The normalized spacial score (nSPS) is 13.3. The Bertz CT molecular complexity index is 273. The van der Waals surface area contributed by atoms with Gasteiger partial charge in [0.05, 0.1) is 13.1 Å². The van der Waals surface area contributed by atoms with Crippen LogP contribution in [0.4, 0.5) is 0 Å². The van der Waals surface area contributed by atoms with Crippen LogP contribution in [0.5, 0.6) is 0 Å². The second-order valence-corrected chi connectivity index (χ2v) is 8.22. The van der Waals surface area contributed by atoms with Crippen LogP contribution in [-0.2, 0) is 14.0 Å². The van der Waals surface area contributed by atoms with E-state index in [0.29, 0.717) is 19.7 Å². The van der Waals surface area contributed by atoms with Crippen LogP contribution in [-0.4, -0.2) is 40.2 Å². The summed E-state index contributed by atoms with van der Waals surface area (Å²) in [5, 5.41) is 0. The lowest BCUT2D eigenvalue weighted by atomic mass is 10.5. The van der Waals surface area contributed by atoms with Gasteiger partial charge < -0.3 is 4.43 Å². The van der Waals surface area contributed by atoms with Gasteiger partial charge in [0.25, 0.3) is 0 Å². The molecule has 0 aliphatic carbocycles. The smallest absolute Gasteiger partial charge is 0.234 e. The molecule has 17 heavy (non-hydrogen) atoms. The summed E-state index contributed by atoms with van der Waals surface area (Å²) in [6.07, 6.45) is 4.79. The summed E-state index contributed by atoms with van der Waals surface area (Å²) in [5.74, 6) is 0. The van der Waals surface area contributed by atoms with E-state index in [9.17, 15) is 9.59 Å². The molecular weight excluding hydrogens is 236 g/mol. The molecule has 96 valence electrons. The molecule has 0 heterocycles. The van der Waals surface area contributed by atoms with E-state index >= 15 is 0 Å². The molecule has 0 N–H and O–H groups in total. The van der Waals surface area contributed by atoms with Gasteiger partial charge in [0.2, 0.25) is 12.2 Å². The minimum Gasteiger partial charge on any atom is -0.417 e. The van der Waals surface area contributed by atoms with Crippen molar-refractivity contribution in [1.29, 1.82) is 0 Å². The van der Waals surface area contributed by atoms with Crippen LogP contribution < -0.4 is 0 Å². The summed E-state index contributed by atoms with van der Waals surface area (Å²) in [6, 6.07) is 1.94. The molecule has 0 aromatic carbocycles. The third-order valence-corrected chi connectivity index (χ3v) is 6.38. The molecule has 0 atom stereocenters. The monoisotopic (exact) mass is 256 g/mol. The van der Waals surface area contributed by atoms with Gasteiger partial charge in [-0.15, -0.1) is 0 Å². The Labute approximate surface area is 103 Å². The lowest BCUT2D eigenvalue weighted by Gasteiger charge is -2.26. The third kappa shape index (κ3) is 8.71. The Hall–Kier alpha value is -1.06. The summed E-state index contributed by atoms with van der Waals surface area (Å²) < 4.78 is 5.85. The highest BCUT2D eigenvalue weighted by atomic mass is 28.4. The molecule has 0 radical (unpaired) electrons. The van der Waals surface area contributed by atoms with Crippen LogP contribution in [0.25, 0.3) is 0 Å². The third-order valence-electron chi connectivity index (χ3n) is 2.57. The van der Waals surface area contributed by atoms with E-state index < -0.39 is 8.32 Å². The summed E-state index contributed by atoms with van der Waals surface area (Å²) in [4.78, 5) is 26.9. The fourth-order valence-corrected chi connectivity index (χ4v) is 4.82. The minimum atomic E-state index is -1.73. The Morgan fingerprint density at radius 2 is 1.53 bits per heavy atom. The van der Waals surface area contributed by atoms with Crippen molar-refractivity contribution >= 4 is 20.5 Å². The highest BCUT2D eigenvalue weighted by Gasteiger charge is 2.27. The fraction of sp³-hybridized carbons (Fsp3) is 0.818. The highest BCUT2D eigenvalue weighted by molar-refractivity contribution is 6.72. The Morgan fingerprint density at radius 3 is 1.88 bits per heavy atom. The summed E-state index contributed by atoms with van der Waals surface area (Å²) in [6.45, 7) is 5.90. The second-order valence-electron chi connectivity index (χ2n) is 4.04. The summed E-state index contributed by atoms with van der Waals surface area (Å²) in [7, 11) is -1.73. The fourth-order valence-electron chi connectivity index (χ4n) is 1.77. The predicted molar refractivity (Wildman–Crippen MR) is 68.1 cm³/mol. The average molecular weight is 256 g/mol. The van der Waals surface area contributed by atoms with Gasteiger partial charge >= 0.3 is 0 Å². The van der Waals surface area contributed by atoms with Crippen molar-refractivity contribution in [3.63, 3.8) is 0 Å². The maximum atomic E-state index is 9.94. The van der Waals surface area contributed by atoms with Gasteiger partial charge in [0.15, 0.2) is 8.32 Å². The number of hydrogen-bond acceptors (Lipinski definition) is 5. The maximum absolute atomic E-state index is 9.94. The average Bonchev–Trinajstić information content (AvgIpc) is 2.31. The molecule has 6 heteroatoms. The molecule has 0 saturated heterocycles. The number of rotatable bonds is 10. The molecule has 0 aromatic rings. The van der Waals surface area contributed by atoms with Crippen LogP contribution in [0.15, 0.2) is 9.98 Å². The van der Waals surface area contributed by atoms with Gasteiger partial charge in [-0.3, -0.25) is 0 Å². The van der Waals surface area contributed by atoms with Gasteiger partial charge in [0, 0.05) is 6.61 Å². The van der Waals surface area contributed by atoms with E-state index in [1.165, 1.54) is 12.2 Å². The Kier molecular flexibility index (Phi) is 9.48. The second kappa shape index (κ2) is 10.1. The zero-order chi connectivity index (χ0) is 13.0. The van der Waals surface area contributed by atoms with E-state index in [4.69, 9.17) is 4.43 Å². The van der Waals surface area contributed by atoms with Crippen molar-refractivity contribution in [2.24, 2.45) is 9.98 Å². The largest absolute Gasteiger partial charge is 0.417 e. The van der Waals surface area contributed by atoms with Crippen molar-refractivity contribution in [2.45, 2.75) is 38.4 Å². The van der Waals surface area contributed by atoms with E-state index in [1.807, 2.05) is 6.92 Å². The van der Waals surface area contributed by atoms with Crippen molar-refractivity contribution in [3.05, 3.63) is 0 Å². The molecule has 0 spiro atoms. The predicted octanol–water partition coefficient (Wildman–Crippen LogP) is 2.05. The molecule has 0 aliphatic rings. The van der Waals surface area contributed by atoms with Gasteiger partial charge in [-0.25, -0.2) is 19.6 Å². The van der Waals surface area contributed by atoms with Crippen molar-refractivity contribution in [2.75, 3.05) is 19.7 Å². The van der Waals surface area contributed by atoms with Crippen molar-refractivity contribution in [1.82, 2.24) is 0 Å². The van der Waals surface area contributed by atoms with Gasteiger partial charge in [0.1, 0.15) is 0 Å². The van der Waals surface area contributed by atoms with Gasteiger partial charge in [-0.05, 0) is 38.4 Å². The summed E-state index contributed by atoms with van der Waals surface area (Å²) in [5.41, 5.74) is 0.